The van der Waals surface area contributed by atoms with Crippen molar-refractivity contribution in [1.82, 2.24) is 4.90 Å². The number of nitrogens with one attached hydrogen (secondary N) is 1. The van der Waals surface area contributed by atoms with E-state index in [2.05, 4.69) is 5.32 Å². The molecule has 12 heteroatoms. The molecule has 160 valence electrons. The lowest BCUT2D eigenvalue weighted by molar-refractivity contribution is -0.120. The Morgan fingerprint density at radius 1 is 1.23 bits per heavy atom. The predicted octanol–water partition coefficient (Wildman–Crippen LogP) is 2.82. The summed E-state index contributed by atoms with van der Waals surface area (Å²) in [5.74, 6) is -1.83. The van der Waals surface area contributed by atoms with Crippen LogP contribution in [0.5, 0.6) is 0 Å². The van der Waals surface area contributed by atoms with Gasteiger partial charge in [0.1, 0.15) is 12.2 Å². The topological polar surface area (TPSA) is 130 Å². The minimum Gasteiger partial charge on any atom is -0.465 e. The molecule has 2 aromatic carbocycles. The normalized spacial score (nSPS) is 19.0. The molecule has 0 aromatic heterocycles. The van der Waals surface area contributed by atoms with Crippen molar-refractivity contribution < 1.29 is 31.9 Å². The number of halogens is 3. The van der Waals surface area contributed by atoms with Crippen molar-refractivity contribution in [3.8, 4) is 11.1 Å². The number of sulfonamides is 1. The highest BCUT2D eigenvalue weighted by atomic mass is 35.5. The SMILES string of the molecule is NS(=O)(=O)c1ccc(Cl)c(-c2cccc(NC(=O)[C@@H]3C[C@@H](F)CN3C(=O)O)c2F)c1. The molecule has 8 nitrogen and oxygen atoms in total. The quantitative estimate of drug-likeness (QED) is 0.647. The lowest BCUT2D eigenvalue weighted by Gasteiger charge is -2.20. The van der Waals surface area contributed by atoms with Crippen molar-refractivity contribution in [2.24, 2.45) is 5.14 Å². The molecule has 1 aliphatic rings. The summed E-state index contributed by atoms with van der Waals surface area (Å²) in [6, 6.07) is 6.12. The van der Waals surface area contributed by atoms with Crippen LogP contribution in [0.1, 0.15) is 6.42 Å². The van der Waals surface area contributed by atoms with Crippen LogP contribution < -0.4 is 10.5 Å². The van der Waals surface area contributed by atoms with Crippen molar-refractivity contribution in [2.75, 3.05) is 11.9 Å². The lowest BCUT2D eigenvalue weighted by Crippen LogP contribution is -2.42. The van der Waals surface area contributed by atoms with Gasteiger partial charge in [0.15, 0.2) is 5.82 Å². The number of carbonyl (C=O) groups excluding carboxylic acids is 1. The Labute approximate surface area is 175 Å². The van der Waals surface area contributed by atoms with Crippen LogP contribution in [0.4, 0.5) is 19.3 Å². The Morgan fingerprint density at radius 2 is 1.93 bits per heavy atom. The van der Waals surface area contributed by atoms with Gasteiger partial charge in [0.2, 0.25) is 15.9 Å². The number of anilines is 1. The molecule has 1 aliphatic heterocycles. The molecule has 30 heavy (non-hydrogen) atoms. The van der Waals surface area contributed by atoms with Crippen molar-refractivity contribution in [3.05, 3.63) is 47.2 Å². The number of alkyl halides is 1. The summed E-state index contributed by atoms with van der Waals surface area (Å²) in [5.41, 5.74) is -0.399. The van der Waals surface area contributed by atoms with Crippen LogP contribution in [0, 0.1) is 5.82 Å². The van der Waals surface area contributed by atoms with Gasteiger partial charge < -0.3 is 10.4 Å². The molecule has 2 atom stereocenters. The smallest absolute Gasteiger partial charge is 0.408 e. The van der Waals surface area contributed by atoms with Gasteiger partial charge in [0, 0.05) is 22.6 Å². The van der Waals surface area contributed by atoms with Gasteiger partial charge in [-0.1, -0.05) is 23.7 Å². The van der Waals surface area contributed by atoms with E-state index in [-0.39, 0.29) is 33.2 Å². The summed E-state index contributed by atoms with van der Waals surface area (Å²) in [6.07, 6.45) is -3.31. The van der Waals surface area contributed by atoms with Crippen LogP contribution in [0.2, 0.25) is 5.02 Å². The van der Waals surface area contributed by atoms with Gasteiger partial charge in [-0.05, 0) is 24.3 Å². The molecular formula is C18H16ClF2N3O5S. The van der Waals surface area contributed by atoms with Crippen molar-refractivity contribution >= 4 is 39.3 Å². The van der Waals surface area contributed by atoms with Gasteiger partial charge in [0.05, 0.1) is 17.1 Å². The molecule has 2 aromatic rings. The first-order valence-electron chi connectivity index (χ1n) is 8.54. The molecule has 3 rings (SSSR count). The number of nitrogens with zero attached hydrogens (tertiary/aromatic N) is 1. The van der Waals surface area contributed by atoms with E-state index >= 15 is 4.39 Å². The Morgan fingerprint density at radius 3 is 2.57 bits per heavy atom. The number of hydrogen-bond acceptors (Lipinski definition) is 4. The average Bonchev–Trinajstić information content (AvgIpc) is 3.05. The standard InChI is InChI=1S/C18H16ClF2N3O5S/c19-13-5-4-10(30(22,28)29)7-12(13)11-2-1-3-14(16(11)21)23-17(25)15-6-9(20)8-24(15)18(26)27/h1-5,7,9,15H,6,8H2,(H,23,25)(H,26,27)(H2,22,28,29)/t9-,15+/m1/s1. The van der Waals surface area contributed by atoms with Gasteiger partial charge in [-0.15, -0.1) is 0 Å². The minimum absolute atomic E-state index is 0.0219. The number of benzene rings is 2. The molecule has 0 aliphatic carbocycles. The highest BCUT2D eigenvalue weighted by molar-refractivity contribution is 7.89. The second-order valence-electron chi connectivity index (χ2n) is 6.63. The zero-order valence-corrected chi connectivity index (χ0v) is 16.8. The van der Waals surface area contributed by atoms with Crippen LogP contribution in [0.3, 0.4) is 0 Å². The van der Waals surface area contributed by atoms with Crippen LogP contribution in [-0.2, 0) is 14.8 Å². The van der Waals surface area contributed by atoms with E-state index in [0.29, 0.717) is 4.90 Å². The summed E-state index contributed by atoms with van der Waals surface area (Å²) >= 11 is 6.08. The number of carboxylic acid groups (broad SMARTS) is 1. The van der Waals surface area contributed by atoms with Crippen LogP contribution in [0.15, 0.2) is 41.3 Å². The number of carbonyl (C=O) groups is 2. The number of likely N-dealkylation sites (tertiary alicyclic amines) is 1. The van der Waals surface area contributed by atoms with Gasteiger partial charge in [0.25, 0.3) is 0 Å². The van der Waals surface area contributed by atoms with E-state index < -0.39 is 46.6 Å². The number of hydrogen-bond donors (Lipinski definition) is 3. The fourth-order valence-electron chi connectivity index (χ4n) is 3.19. The number of amides is 2. The molecule has 1 heterocycles. The van der Waals surface area contributed by atoms with Crippen molar-refractivity contribution in [3.63, 3.8) is 0 Å². The third kappa shape index (κ3) is 4.37. The summed E-state index contributed by atoms with van der Waals surface area (Å²) in [7, 11) is -4.07. The number of rotatable bonds is 4. The molecule has 0 saturated carbocycles. The predicted molar refractivity (Wildman–Crippen MR) is 105 cm³/mol. The molecule has 0 spiro atoms. The molecule has 0 bridgehead atoms. The fraction of sp³-hybridized carbons (Fsp3) is 0.222. The Bertz CT molecular complexity index is 1130. The molecule has 4 N–H and O–H groups in total. The van der Waals surface area contributed by atoms with E-state index in [9.17, 15) is 22.4 Å². The van der Waals surface area contributed by atoms with E-state index in [1.165, 1.54) is 30.3 Å². The number of primary sulfonamides is 1. The average molecular weight is 460 g/mol. The van der Waals surface area contributed by atoms with Gasteiger partial charge in [-0.2, -0.15) is 0 Å². The van der Waals surface area contributed by atoms with E-state index in [1.807, 2.05) is 0 Å². The summed E-state index contributed by atoms with van der Waals surface area (Å²) in [4.78, 5) is 24.0. The molecule has 1 saturated heterocycles. The van der Waals surface area contributed by atoms with Crippen molar-refractivity contribution in [1.29, 1.82) is 0 Å². The lowest BCUT2D eigenvalue weighted by atomic mass is 10.0. The maximum Gasteiger partial charge on any atom is 0.408 e. The minimum atomic E-state index is -4.07. The first kappa shape index (κ1) is 21.9. The monoisotopic (exact) mass is 459 g/mol. The van der Waals surface area contributed by atoms with E-state index in [1.54, 1.807) is 0 Å². The molecule has 0 unspecified atom stereocenters. The summed E-state index contributed by atoms with van der Waals surface area (Å²) in [5, 5.41) is 16.5. The zero-order chi connectivity index (χ0) is 22.2. The highest BCUT2D eigenvalue weighted by Crippen LogP contribution is 2.34. The Hall–Kier alpha value is -2.76. The summed E-state index contributed by atoms with van der Waals surface area (Å²) in [6.45, 7) is -0.452. The first-order valence-corrected chi connectivity index (χ1v) is 10.5. The highest BCUT2D eigenvalue weighted by Gasteiger charge is 2.40. The zero-order valence-electron chi connectivity index (χ0n) is 15.2. The van der Waals surface area contributed by atoms with Crippen molar-refractivity contribution in [2.45, 2.75) is 23.5 Å². The van der Waals surface area contributed by atoms with E-state index in [0.717, 1.165) is 6.07 Å². The Balaban J connectivity index is 1.95. The van der Waals surface area contributed by atoms with E-state index in [4.69, 9.17) is 21.8 Å². The van der Waals surface area contributed by atoms with Gasteiger partial charge in [-0.3, -0.25) is 9.69 Å². The van der Waals surface area contributed by atoms with Crippen LogP contribution >= 0.6 is 11.6 Å². The second-order valence-corrected chi connectivity index (χ2v) is 8.60. The Kier molecular flexibility index (Phi) is 5.97. The first-order chi connectivity index (χ1) is 14.0. The van der Waals surface area contributed by atoms with Crippen LogP contribution in [-0.4, -0.2) is 49.2 Å². The van der Waals surface area contributed by atoms with Gasteiger partial charge in [-0.25, -0.2) is 27.1 Å². The molecular weight excluding hydrogens is 444 g/mol. The second kappa shape index (κ2) is 8.17. The maximum atomic E-state index is 15.1. The largest absolute Gasteiger partial charge is 0.465 e. The van der Waals surface area contributed by atoms with Crippen LogP contribution in [0.25, 0.3) is 11.1 Å². The fourth-order valence-corrected chi connectivity index (χ4v) is 3.94. The maximum absolute atomic E-state index is 15.1. The molecule has 2 amide bonds. The molecule has 0 radical (unpaired) electrons. The third-order valence-corrected chi connectivity index (χ3v) is 5.85. The molecule has 1 fully saturated rings. The number of nitrogens with two attached hydrogens (primary N) is 1. The van der Waals surface area contributed by atoms with Gasteiger partial charge >= 0.3 is 6.09 Å². The third-order valence-electron chi connectivity index (χ3n) is 4.61. The summed E-state index contributed by atoms with van der Waals surface area (Å²) < 4.78 is 51.9.